The molecule has 6 heteroatoms. The Bertz CT molecular complexity index is 648. The maximum atomic E-state index is 12.9. The molecule has 0 bridgehead atoms. The van der Waals surface area contributed by atoms with Crippen molar-refractivity contribution in [2.45, 2.75) is 29.5 Å². The summed E-state index contributed by atoms with van der Waals surface area (Å²) < 4.78 is 0. The lowest BCUT2D eigenvalue weighted by Gasteiger charge is -2.33. The molecule has 0 aliphatic carbocycles. The summed E-state index contributed by atoms with van der Waals surface area (Å²) in [6.45, 7) is 1.67. The van der Waals surface area contributed by atoms with Crippen LogP contribution in [-0.2, 0) is 5.75 Å². The van der Waals surface area contributed by atoms with Crippen LogP contribution in [0.4, 0.5) is 0 Å². The quantitative estimate of drug-likeness (QED) is 0.783. The molecule has 1 amide bonds. The molecule has 1 aliphatic rings. The molecule has 2 heterocycles. The van der Waals surface area contributed by atoms with E-state index in [1.165, 1.54) is 4.88 Å². The zero-order valence-electron chi connectivity index (χ0n) is 13.7. The molecule has 3 nitrogen and oxygen atoms in total. The molecule has 1 aromatic carbocycles. The first-order chi connectivity index (χ1) is 11.3. The van der Waals surface area contributed by atoms with Crippen molar-refractivity contribution in [3.63, 3.8) is 0 Å². The molecule has 0 radical (unpaired) electrons. The minimum absolute atomic E-state index is 0. The molecule has 1 unspecified atom stereocenters. The SMILES string of the molecule is CNC1CCCN(C(=O)c2ccccc2SCc2cccs2)C1.Cl. The summed E-state index contributed by atoms with van der Waals surface area (Å²) in [4.78, 5) is 17.3. The van der Waals surface area contributed by atoms with E-state index in [1.807, 2.05) is 30.1 Å². The molecule has 1 aliphatic heterocycles. The van der Waals surface area contributed by atoms with E-state index >= 15 is 0 Å². The van der Waals surface area contributed by atoms with Gasteiger partial charge in [-0.15, -0.1) is 35.5 Å². The van der Waals surface area contributed by atoms with Crippen LogP contribution in [0.3, 0.4) is 0 Å². The van der Waals surface area contributed by atoms with Gasteiger partial charge in [-0.05, 0) is 43.5 Å². The third-order valence-electron chi connectivity index (χ3n) is 4.18. The molecular weight excluding hydrogens is 360 g/mol. The Morgan fingerprint density at radius 2 is 2.17 bits per heavy atom. The molecule has 130 valence electrons. The zero-order valence-corrected chi connectivity index (χ0v) is 16.2. The smallest absolute Gasteiger partial charge is 0.255 e. The van der Waals surface area contributed by atoms with Crippen LogP contribution in [0.2, 0.25) is 0 Å². The van der Waals surface area contributed by atoms with Gasteiger partial charge in [-0.25, -0.2) is 0 Å². The molecule has 0 saturated carbocycles. The van der Waals surface area contributed by atoms with Gasteiger partial charge in [0.15, 0.2) is 0 Å². The minimum Gasteiger partial charge on any atom is -0.337 e. The summed E-state index contributed by atoms with van der Waals surface area (Å²) in [7, 11) is 1.98. The maximum Gasteiger partial charge on any atom is 0.255 e. The number of carbonyl (C=O) groups is 1. The Labute approximate surface area is 158 Å². The molecule has 1 N–H and O–H groups in total. The number of benzene rings is 1. The summed E-state index contributed by atoms with van der Waals surface area (Å²) >= 11 is 3.51. The van der Waals surface area contributed by atoms with Gasteiger partial charge >= 0.3 is 0 Å². The average Bonchev–Trinajstić information content (AvgIpc) is 3.13. The van der Waals surface area contributed by atoms with Gasteiger partial charge in [0.2, 0.25) is 0 Å². The highest BCUT2D eigenvalue weighted by Crippen LogP contribution is 2.29. The molecular formula is C18H23ClN2OS2. The molecule has 1 atom stereocenters. The third-order valence-corrected chi connectivity index (χ3v) is 6.37. The first-order valence-corrected chi connectivity index (χ1v) is 9.85. The number of piperidine rings is 1. The second-order valence-electron chi connectivity index (χ2n) is 5.74. The summed E-state index contributed by atoms with van der Waals surface area (Å²) in [6, 6.07) is 12.6. The van der Waals surface area contributed by atoms with Crippen LogP contribution in [0.15, 0.2) is 46.7 Å². The first kappa shape index (κ1) is 19.3. The van der Waals surface area contributed by atoms with Crippen molar-refractivity contribution in [2.75, 3.05) is 20.1 Å². The Hall–Kier alpha value is -1.01. The lowest BCUT2D eigenvalue weighted by molar-refractivity contribution is 0.0694. The van der Waals surface area contributed by atoms with E-state index in [0.717, 1.165) is 42.1 Å². The highest BCUT2D eigenvalue weighted by molar-refractivity contribution is 7.98. The monoisotopic (exact) mass is 382 g/mol. The van der Waals surface area contributed by atoms with Gasteiger partial charge < -0.3 is 10.2 Å². The molecule has 2 aromatic rings. The van der Waals surface area contributed by atoms with Gasteiger partial charge in [0.25, 0.3) is 5.91 Å². The number of nitrogens with one attached hydrogen (secondary N) is 1. The topological polar surface area (TPSA) is 32.3 Å². The summed E-state index contributed by atoms with van der Waals surface area (Å²) in [5.41, 5.74) is 0.839. The number of likely N-dealkylation sites (tertiary alicyclic amines) is 1. The number of likely N-dealkylation sites (N-methyl/N-ethyl adjacent to an activating group) is 1. The van der Waals surface area contributed by atoms with Crippen LogP contribution in [0.1, 0.15) is 28.1 Å². The van der Waals surface area contributed by atoms with Crippen LogP contribution < -0.4 is 5.32 Å². The average molecular weight is 383 g/mol. The molecule has 3 rings (SSSR count). The highest BCUT2D eigenvalue weighted by Gasteiger charge is 2.24. The van der Waals surface area contributed by atoms with E-state index in [1.54, 1.807) is 23.1 Å². The Balaban J connectivity index is 0.00000208. The lowest BCUT2D eigenvalue weighted by atomic mass is 10.0. The van der Waals surface area contributed by atoms with Crippen LogP contribution in [-0.4, -0.2) is 37.0 Å². The number of thiophene rings is 1. The number of amides is 1. The molecule has 1 aromatic heterocycles. The highest BCUT2D eigenvalue weighted by atomic mass is 35.5. The predicted octanol–water partition coefficient (Wildman–Crippen LogP) is 4.29. The van der Waals surface area contributed by atoms with Crippen molar-refractivity contribution in [1.29, 1.82) is 0 Å². The number of hydrogen-bond acceptors (Lipinski definition) is 4. The van der Waals surface area contributed by atoms with E-state index in [4.69, 9.17) is 0 Å². The fourth-order valence-electron chi connectivity index (χ4n) is 2.88. The van der Waals surface area contributed by atoms with E-state index in [-0.39, 0.29) is 18.3 Å². The van der Waals surface area contributed by atoms with Crippen molar-refractivity contribution in [1.82, 2.24) is 10.2 Å². The van der Waals surface area contributed by atoms with Gasteiger partial charge in [-0.3, -0.25) is 4.79 Å². The molecule has 0 spiro atoms. The fraction of sp³-hybridized carbons (Fsp3) is 0.389. The summed E-state index contributed by atoms with van der Waals surface area (Å²) in [5.74, 6) is 1.08. The van der Waals surface area contributed by atoms with Crippen LogP contribution in [0, 0.1) is 0 Å². The van der Waals surface area contributed by atoms with E-state index in [0.29, 0.717) is 6.04 Å². The Kier molecular flexibility index (Phi) is 7.62. The van der Waals surface area contributed by atoms with E-state index < -0.39 is 0 Å². The summed E-state index contributed by atoms with van der Waals surface area (Å²) in [6.07, 6.45) is 2.22. The van der Waals surface area contributed by atoms with Crippen LogP contribution in [0.5, 0.6) is 0 Å². The van der Waals surface area contributed by atoms with Crippen molar-refractivity contribution < 1.29 is 4.79 Å². The zero-order chi connectivity index (χ0) is 16.1. The van der Waals surface area contributed by atoms with E-state index in [2.05, 4.69) is 28.9 Å². The van der Waals surface area contributed by atoms with Crippen molar-refractivity contribution in [2.24, 2.45) is 0 Å². The second kappa shape index (κ2) is 9.47. The first-order valence-electron chi connectivity index (χ1n) is 7.98. The number of thioether (sulfide) groups is 1. The van der Waals surface area contributed by atoms with E-state index in [9.17, 15) is 4.79 Å². The van der Waals surface area contributed by atoms with Gasteiger partial charge in [0, 0.05) is 34.7 Å². The lowest BCUT2D eigenvalue weighted by Crippen LogP contribution is -2.47. The van der Waals surface area contributed by atoms with Gasteiger partial charge in [-0.1, -0.05) is 18.2 Å². The number of carbonyl (C=O) groups excluding carboxylic acids is 1. The minimum atomic E-state index is 0. The normalized spacial score (nSPS) is 17.4. The molecule has 1 fully saturated rings. The largest absolute Gasteiger partial charge is 0.337 e. The van der Waals surface area contributed by atoms with Crippen molar-refractivity contribution in [3.05, 3.63) is 52.2 Å². The molecule has 24 heavy (non-hydrogen) atoms. The number of hydrogen-bond donors (Lipinski definition) is 1. The van der Waals surface area contributed by atoms with Crippen molar-refractivity contribution in [3.8, 4) is 0 Å². The van der Waals surface area contributed by atoms with Gasteiger partial charge in [0.05, 0.1) is 5.56 Å². The third kappa shape index (κ3) is 4.76. The van der Waals surface area contributed by atoms with Gasteiger partial charge in [-0.2, -0.15) is 0 Å². The van der Waals surface area contributed by atoms with Crippen LogP contribution >= 0.6 is 35.5 Å². The van der Waals surface area contributed by atoms with Gasteiger partial charge in [0.1, 0.15) is 0 Å². The molecule has 1 saturated heterocycles. The maximum absolute atomic E-state index is 12.9. The Morgan fingerprint density at radius 1 is 1.33 bits per heavy atom. The standard InChI is InChI=1S/C18H22N2OS2.ClH/c1-19-14-6-4-10-20(12-14)18(21)16-8-2-3-9-17(16)23-13-15-7-5-11-22-15;/h2-3,5,7-9,11,14,19H,4,6,10,12-13H2,1H3;1H. The number of halogens is 1. The van der Waals surface area contributed by atoms with Crippen molar-refractivity contribution >= 4 is 41.4 Å². The Morgan fingerprint density at radius 3 is 2.92 bits per heavy atom. The predicted molar refractivity (Wildman–Crippen MR) is 106 cm³/mol. The number of nitrogens with zero attached hydrogens (tertiary/aromatic N) is 1. The number of rotatable bonds is 5. The summed E-state index contributed by atoms with van der Waals surface area (Å²) in [5, 5.41) is 5.40. The fourth-order valence-corrected chi connectivity index (χ4v) is 4.70. The van der Waals surface area contributed by atoms with Crippen LogP contribution in [0.25, 0.3) is 0 Å². The second-order valence-corrected chi connectivity index (χ2v) is 7.79.